The molecule has 0 atom stereocenters. The molecule has 0 aliphatic heterocycles. The van der Waals surface area contributed by atoms with E-state index in [0.717, 1.165) is 22.7 Å². The molecule has 0 saturated heterocycles. The minimum Gasteiger partial charge on any atom is -0.477 e. The van der Waals surface area contributed by atoms with E-state index in [-0.39, 0.29) is 23.1 Å². The molecule has 2 heterocycles. The van der Waals surface area contributed by atoms with Crippen LogP contribution in [0.1, 0.15) is 28.0 Å². The number of carbonyl (C=O) groups is 1. The topological polar surface area (TPSA) is 114 Å². The molecule has 29 heavy (non-hydrogen) atoms. The Labute approximate surface area is 164 Å². The van der Waals surface area contributed by atoms with E-state index in [2.05, 4.69) is 15.4 Å². The Balaban J connectivity index is 2.09. The van der Waals surface area contributed by atoms with Gasteiger partial charge in [0.15, 0.2) is 15.7 Å². The number of anilines is 1. The van der Waals surface area contributed by atoms with Gasteiger partial charge in [-0.3, -0.25) is 0 Å². The molecular formula is C18H16F2N4O4S. The van der Waals surface area contributed by atoms with Gasteiger partial charge in [-0.25, -0.2) is 27.0 Å². The number of carboxylic acids is 1. The first-order chi connectivity index (χ1) is 13.7. The summed E-state index contributed by atoms with van der Waals surface area (Å²) in [7, 11) is -3.51. The molecule has 0 unspecified atom stereocenters. The minimum absolute atomic E-state index is 0.0117. The van der Waals surface area contributed by atoms with Gasteiger partial charge in [-0.05, 0) is 17.7 Å². The summed E-state index contributed by atoms with van der Waals surface area (Å²) in [5, 5.41) is 16.0. The number of hydrogen-bond donors (Lipinski definition) is 2. The number of halogens is 2. The smallest absolute Gasteiger partial charge is 0.341 e. The lowest BCUT2D eigenvalue weighted by atomic mass is 10.2. The Morgan fingerprint density at radius 2 is 1.90 bits per heavy atom. The number of aromatic nitrogens is 3. The Morgan fingerprint density at radius 1 is 1.21 bits per heavy atom. The number of alkyl halides is 2. The molecule has 0 aliphatic carbocycles. The Morgan fingerprint density at radius 3 is 2.41 bits per heavy atom. The van der Waals surface area contributed by atoms with Crippen molar-refractivity contribution in [1.29, 1.82) is 0 Å². The van der Waals surface area contributed by atoms with Crippen LogP contribution in [-0.4, -0.2) is 40.5 Å². The molecule has 152 valence electrons. The molecule has 0 fully saturated rings. The summed E-state index contributed by atoms with van der Waals surface area (Å²) in [5.74, 6) is -1.77. The van der Waals surface area contributed by atoms with Crippen molar-refractivity contribution in [2.24, 2.45) is 0 Å². The highest BCUT2D eigenvalue weighted by Crippen LogP contribution is 2.30. The van der Waals surface area contributed by atoms with Crippen LogP contribution >= 0.6 is 0 Å². The molecule has 0 amide bonds. The lowest BCUT2D eigenvalue weighted by Crippen LogP contribution is -2.11. The SMILES string of the molecule is CS(=O)(=O)c1ccc(-n2nc(C(F)F)c(C(=O)O)c2NCc2ccccc2)nc1. The van der Waals surface area contributed by atoms with E-state index in [0.29, 0.717) is 0 Å². The standard InChI is InChI=1S/C18H16F2N4O4S/c1-29(27,28)12-7-8-13(21-10-12)24-17(22-9-11-5-3-2-4-6-11)14(18(25)26)15(23-24)16(19)20/h2-8,10,16,22H,9H2,1H3,(H,25,26). The fourth-order valence-corrected chi connectivity index (χ4v) is 3.19. The number of sulfone groups is 1. The zero-order valence-electron chi connectivity index (χ0n) is 15.1. The lowest BCUT2D eigenvalue weighted by Gasteiger charge is -2.11. The number of nitrogens with one attached hydrogen (secondary N) is 1. The van der Waals surface area contributed by atoms with Crippen LogP contribution in [0.5, 0.6) is 0 Å². The summed E-state index contributed by atoms with van der Waals surface area (Å²) in [5.41, 5.74) is -0.803. The van der Waals surface area contributed by atoms with E-state index in [1.54, 1.807) is 30.3 Å². The Hall–Kier alpha value is -3.34. The Bertz CT molecular complexity index is 1130. The maximum atomic E-state index is 13.4. The zero-order valence-corrected chi connectivity index (χ0v) is 15.9. The van der Waals surface area contributed by atoms with Crippen molar-refractivity contribution in [2.45, 2.75) is 17.9 Å². The van der Waals surface area contributed by atoms with E-state index in [4.69, 9.17) is 0 Å². The van der Waals surface area contributed by atoms with Crippen LogP contribution in [-0.2, 0) is 16.4 Å². The fraction of sp³-hybridized carbons (Fsp3) is 0.167. The van der Waals surface area contributed by atoms with Crippen LogP contribution in [0, 0.1) is 0 Å². The van der Waals surface area contributed by atoms with E-state index in [9.17, 15) is 27.1 Å². The van der Waals surface area contributed by atoms with Crippen LogP contribution in [0.25, 0.3) is 5.82 Å². The van der Waals surface area contributed by atoms with Crippen LogP contribution in [0.15, 0.2) is 53.6 Å². The summed E-state index contributed by atoms with van der Waals surface area (Å²) >= 11 is 0. The molecule has 3 rings (SSSR count). The second-order valence-corrected chi connectivity index (χ2v) is 8.11. The summed E-state index contributed by atoms with van der Waals surface area (Å²) < 4.78 is 50.9. The second kappa shape index (κ2) is 7.95. The minimum atomic E-state index is -3.51. The lowest BCUT2D eigenvalue weighted by molar-refractivity contribution is 0.0685. The molecule has 3 aromatic rings. The first kappa shape index (κ1) is 20.4. The highest BCUT2D eigenvalue weighted by atomic mass is 32.2. The summed E-state index contributed by atoms with van der Waals surface area (Å²) in [4.78, 5) is 15.5. The van der Waals surface area contributed by atoms with Crippen LogP contribution in [0.3, 0.4) is 0 Å². The summed E-state index contributed by atoms with van der Waals surface area (Å²) in [6.07, 6.45) is -1.08. The van der Waals surface area contributed by atoms with Crippen molar-refractivity contribution >= 4 is 21.6 Å². The highest BCUT2D eigenvalue weighted by Gasteiger charge is 2.30. The first-order valence-corrected chi connectivity index (χ1v) is 10.2. The predicted molar refractivity (Wildman–Crippen MR) is 100 cm³/mol. The molecule has 8 nitrogen and oxygen atoms in total. The van der Waals surface area contributed by atoms with Crippen LogP contribution < -0.4 is 5.32 Å². The number of benzene rings is 1. The molecule has 2 N–H and O–H groups in total. The van der Waals surface area contributed by atoms with Crippen LogP contribution in [0.4, 0.5) is 14.6 Å². The van der Waals surface area contributed by atoms with Crippen molar-refractivity contribution in [3.05, 3.63) is 65.5 Å². The van der Waals surface area contributed by atoms with Gasteiger partial charge in [0.2, 0.25) is 0 Å². The molecule has 0 bridgehead atoms. The fourth-order valence-electron chi connectivity index (χ4n) is 2.63. The third kappa shape index (κ3) is 4.40. The molecule has 0 saturated carbocycles. The van der Waals surface area contributed by atoms with E-state index < -0.39 is 33.5 Å². The monoisotopic (exact) mass is 422 g/mol. The van der Waals surface area contributed by atoms with E-state index in [1.807, 2.05) is 0 Å². The third-order valence-corrected chi connectivity index (χ3v) is 5.10. The number of rotatable bonds is 7. The van der Waals surface area contributed by atoms with Gasteiger partial charge in [0.1, 0.15) is 17.1 Å². The molecule has 2 aromatic heterocycles. The van der Waals surface area contributed by atoms with Gasteiger partial charge in [0, 0.05) is 19.0 Å². The second-order valence-electron chi connectivity index (χ2n) is 6.09. The number of aromatic carboxylic acids is 1. The van der Waals surface area contributed by atoms with Gasteiger partial charge in [-0.2, -0.15) is 9.78 Å². The van der Waals surface area contributed by atoms with Crippen molar-refractivity contribution in [3.63, 3.8) is 0 Å². The average Bonchev–Trinajstić information content (AvgIpc) is 3.07. The maximum Gasteiger partial charge on any atom is 0.341 e. The molecule has 11 heteroatoms. The van der Waals surface area contributed by atoms with Gasteiger partial charge in [-0.1, -0.05) is 30.3 Å². The third-order valence-electron chi connectivity index (χ3n) is 4.00. The number of pyridine rings is 1. The normalized spacial score (nSPS) is 11.6. The number of nitrogens with zero attached hydrogens (tertiary/aromatic N) is 3. The highest BCUT2D eigenvalue weighted by molar-refractivity contribution is 7.90. The molecular weight excluding hydrogens is 406 g/mol. The largest absolute Gasteiger partial charge is 0.477 e. The van der Waals surface area contributed by atoms with Crippen molar-refractivity contribution < 1.29 is 27.1 Å². The van der Waals surface area contributed by atoms with Crippen molar-refractivity contribution in [1.82, 2.24) is 14.8 Å². The van der Waals surface area contributed by atoms with Crippen LogP contribution in [0.2, 0.25) is 0 Å². The van der Waals surface area contributed by atoms with Crippen molar-refractivity contribution in [2.75, 3.05) is 11.6 Å². The number of carboxylic acid groups (broad SMARTS) is 1. The van der Waals surface area contributed by atoms with Gasteiger partial charge in [0.05, 0.1) is 4.90 Å². The van der Waals surface area contributed by atoms with Gasteiger partial charge in [-0.15, -0.1) is 0 Å². The molecule has 0 aliphatic rings. The average molecular weight is 422 g/mol. The quantitative estimate of drug-likeness (QED) is 0.602. The maximum absolute atomic E-state index is 13.4. The number of hydrogen-bond acceptors (Lipinski definition) is 6. The van der Waals surface area contributed by atoms with Gasteiger partial charge in [0.25, 0.3) is 6.43 Å². The van der Waals surface area contributed by atoms with E-state index in [1.165, 1.54) is 12.1 Å². The summed E-state index contributed by atoms with van der Waals surface area (Å²) in [6.45, 7) is 0.150. The first-order valence-electron chi connectivity index (χ1n) is 8.27. The molecule has 0 spiro atoms. The molecule has 0 radical (unpaired) electrons. The van der Waals surface area contributed by atoms with Crippen molar-refractivity contribution in [3.8, 4) is 5.82 Å². The van der Waals surface area contributed by atoms with Gasteiger partial charge >= 0.3 is 5.97 Å². The predicted octanol–water partition coefficient (Wildman–Crippen LogP) is 2.92. The zero-order chi connectivity index (χ0) is 21.2. The Kier molecular flexibility index (Phi) is 5.59. The van der Waals surface area contributed by atoms with Gasteiger partial charge < -0.3 is 10.4 Å². The summed E-state index contributed by atoms with van der Waals surface area (Å²) in [6, 6.07) is 11.4. The van der Waals surface area contributed by atoms with E-state index >= 15 is 0 Å². The molecule has 1 aromatic carbocycles.